The Morgan fingerprint density at radius 1 is 0.329 bits per heavy atom. The summed E-state index contributed by atoms with van der Waals surface area (Å²) < 4.78 is 67.5. The van der Waals surface area contributed by atoms with E-state index in [0.717, 1.165) is 102 Å². The molecule has 0 bridgehead atoms. The fraction of sp³-hybridized carbons (Fsp3) is 0.937. The maximum atomic E-state index is 13.0. The van der Waals surface area contributed by atoms with Gasteiger partial charge in [0.2, 0.25) is 0 Å². The first-order chi connectivity index (χ1) is 39.5. The van der Waals surface area contributed by atoms with Crippen LogP contribution < -0.4 is 0 Å². The summed E-state index contributed by atoms with van der Waals surface area (Å²) in [6.07, 6.45) is 41.2. The third-order valence-corrected chi connectivity index (χ3v) is 16.4. The van der Waals surface area contributed by atoms with Crippen LogP contribution in [0.4, 0.5) is 0 Å². The van der Waals surface area contributed by atoms with Crippen LogP contribution in [0.25, 0.3) is 0 Å². The Hall–Kier alpha value is -1.94. The number of carbonyl (C=O) groups excluding carboxylic acids is 4. The Kier molecular flexibility index (Phi) is 55.5. The molecular formula is C63H122O17P2. The van der Waals surface area contributed by atoms with E-state index >= 15 is 0 Å². The molecule has 0 aliphatic rings. The van der Waals surface area contributed by atoms with Crippen molar-refractivity contribution >= 4 is 39.5 Å². The summed E-state index contributed by atoms with van der Waals surface area (Å²) in [5, 5.41) is 10.5. The molecule has 0 aromatic heterocycles. The van der Waals surface area contributed by atoms with Crippen molar-refractivity contribution in [1.29, 1.82) is 0 Å². The van der Waals surface area contributed by atoms with Crippen LogP contribution in [0.2, 0.25) is 0 Å². The van der Waals surface area contributed by atoms with Crippen molar-refractivity contribution in [3.63, 3.8) is 0 Å². The number of hydrogen-bond donors (Lipinski definition) is 3. The minimum absolute atomic E-state index is 0.0989. The maximum Gasteiger partial charge on any atom is 0.472 e. The van der Waals surface area contributed by atoms with Gasteiger partial charge in [-0.25, -0.2) is 9.13 Å². The van der Waals surface area contributed by atoms with Gasteiger partial charge in [-0.3, -0.25) is 37.3 Å². The molecule has 0 aliphatic heterocycles. The number of esters is 4. The Morgan fingerprint density at radius 2 is 0.561 bits per heavy atom. The Balaban J connectivity index is 5.09. The molecule has 0 heterocycles. The largest absolute Gasteiger partial charge is 0.472 e. The number of rotatable bonds is 63. The Labute approximate surface area is 498 Å². The molecule has 0 fully saturated rings. The number of phosphoric ester groups is 2. The molecule has 0 aromatic carbocycles. The van der Waals surface area contributed by atoms with Crippen molar-refractivity contribution in [1.82, 2.24) is 0 Å². The zero-order valence-electron chi connectivity index (χ0n) is 52.6. The van der Waals surface area contributed by atoms with E-state index in [1.807, 2.05) is 0 Å². The molecule has 19 heteroatoms. The molecule has 486 valence electrons. The number of carbonyl (C=O) groups is 4. The lowest BCUT2D eigenvalue weighted by Crippen LogP contribution is -2.30. The summed E-state index contributed by atoms with van der Waals surface area (Å²) in [4.78, 5) is 71.6. The van der Waals surface area contributed by atoms with E-state index in [1.165, 1.54) is 135 Å². The normalized spacial score (nSPS) is 14.3. The highest BCUT2D eigenvalue weighted by Gasteiger charge is 2.30. The van der Waals surface area contributed by atoms with Crippen molar-refractivity contribution < 1.29 is 80.2 Å². The first-order valence-electron chi connectivity index (χ1n) is 33.1. The van der Waals surface area contributed by atoms with Crippen LogP contribution in [0, 0.1) is 5.92 Å². The van der Waals surface area contributed by atoms with Gasteiger partial charge in [0.25, 0.3) is 0 Å². The lowest BCUT2D eigenvalue weighted by molar-refractivity contribution is -0.161. The zero-order chi connectivity index (χ0) is 60.6. The van der Waals surface area contributed by atoms with Crippen LogP contribution in [0.15, 0.2) is 0 Å². The van der Waals surface area contributed by atoms with E-state index < -0.39 is 97.5 Å². The predicted molar refractivity (Wildman–Crippen MR) is 326 cm³/mol. The molecule has 0 amide bonds. The topological polar surface area (TPSA) is 237 Å². The molecule has 0 rings (SSSR count). The van der Waals surface area contributed by atoms with Gasteiger partial charge in [-0.1, -0.05) is 266 Å². The molecule has 0 aliphatic carbocycles. The van der Waals surface area contributed by atoms with Crippen molar-refractivity contribution in [3.8, 4) is 0 Å². The maximum absolute atomic E-state index is 13.0. The van der Waals surface area contributed by atoms with Crippen LogP contribution in [0.5, 0.6) is 0 Å². The van der Waals surface area contributed by atoms with Crippen molar-refractivity contribution in [2.24, 2.45) is 5.92 Å². The number of hydrogen-bond acceptors (Lipinski definition) is 15. The molecule has 3 N–H and O–H groups in total. The fourth-order valence-electron chi connectivity index (χ4n) is 9.41. The van der Waals surface area contributed by atoms with Gasteiger partial charge in [-0.15, -0.1) is 0 Å². The standard InChI is InChI=1S/C63H122O17P2/c1-6-9-12-15-16-17-18-19-20-21-22-23-24-27-31-34-39-44-49-63(68)80-59(53-74-61(66)47-42-38-33-30-28-25-26-29-32-37-40-45-56(4)5)55-78-82(71,72)76-51-57(64)50-75-81(69,70)77-54-58(79-62(67)48-43-36-14-11-8-3)52-73-60(65)46-41-35-13-10-7-2/h56-59,64H,6-55H2,1-5H3,(H,69,70)(H,71,72)/t57-,58+,59+/m0/s1. The summed E-state index contributed by atoms with van der Waals surface area (Å²) >= 11 is 0. The van der Waals surface area contributed by atoms with E-state index in [1.54, 1.807) is 0 Å². The molecule has 0 spiro atoms. The van der Waals surface area contributed by atoms with E-state index in [9.17, 15) is 43.2 Å². The second-order valence-electron chi connectivity index (χ2n) is 23.3. The predicted octanol–water partition coefficient (Wildman–Crippen LogP) is 17.4. The summed E-state index contributed by atoms with van der Waals surface area (Å²) in [6.45, 7) is 7.01. The lowest BCUT2D eigenvalue weighted by atomic mass is 10.0. The molecule has 0 radical (unpaired) electrons. The first kappa shape index (κ1) is 80.1. The van der Waals surface area contributed by atoms with Gasteiger partial charge < -0.3 is 33.8 Å². The summed E-state index contributed by atoms with van der Waals surface area (Å²) in [7, 11) is -9.86. The van der Waals surface area contributed by atoms with E-state index in [0.29, 0.717) is 25.7 Å². The van der Waals surface area contributed by atoms with Crippen LogP contribution >= 0.6 is 15.6 Å². The molecule has 0 saturated heterocycles. The quantitative estimate of drug-likeness (QED) is 0.0222. The highest BCUT2D eigenvalue weighted by Crippen LogP contribution is 2.45. The third-order valence-electron chi connectivity index (χ3n) is 14.5. The first-order valence-corrected chi connectivity index (χ1v) is 36.1. The summed E-state index contributed by atoms with van der Waals surface area (Å²) in [6, 6.07) is 0. The Bertz CT molecular complexity index is 1600. The average molecular weight is 1210 g/mol. The highest BCUT2D eigenvalue weighted by molar-refractivity contribution is 7.47. The van der Waals surface area contributed by atoms with Gasteiger partial charge in [0, 0.05) is 25.7 Å². The number of phosphoric acid groups is 2. The smallest absolute Gasteiger partial charge is 0.462 e. The van der Waals surface area contributed by atoms with Crippen molar-refractivity contribution in [2.75, 3.05) is 39.6 Å². The van der Waals surface area contributed by atoms with Gasteiger partial charge in [-0.05, 0) is 31.6 Å². The van der Waals surface area contributed by atoms with Gasteiger partial charge in [0.1, 0.15) is 19.3 Å². The molecule has 5 atom stereocenters. The number of aliphatic hydroxyl groups is 1. The van der Waals surface area contributed by atoms with E-state index in [4.69, 9.17) is 37.0 Å². The van der Waals surface area contributed by atoms with E-state index in [-0.39, 0.29) is 25.7 Å². The summed E-state index contributed by atoms with van der Waals surface area (Å²) in [5.74, 6) is -1.38. The SMILES string of the molecule is CCCCCCCCCCCCCCCCCCCCC(=O)O[C@H](COC(=O)CCCCCCCCCCCCCC(C)C)COP(=O)(O)OC[C@@H](O)COP(=O)(O)OC[C@@H](COC(=O)CCCCCCC)OC(=O)CCCCCCC. The molecule has 2 unspecified atom stereocenters. The van der Waals surface area contributed by atoms with Crippen LogP contribution in [-0.4, -0.2) is 96.7 Å². The highest BCUT2D eigenvalue weighted by atomic mass is 31.2. The van der Waals surface area contributed by atoms with Crippen LogP contribution in [0.1, 0.15) is 317 Å². The third kappa shape index (κ3) is 57.2. The number of ether oxygens (including phenoxy) is 4. The molecule has 17 nitrogen and oxygen atoms in total. The van der Waals surface area contributed by atoms with Gasteiger partial charge in [-0.2, -0.15) is 0 Å². The molecule has 0 saturated carbocycles. The van der Waals surface area contributed by atoms with Gasteiger partial charge >= 0.3 is 39.5 Å². The molecule has 0 aromatic rings. The second kappa shape index (κ2) is 56.8. The monoisotopic (exact) mass is 1210 g/mol. The number of aliphatic hydroxyl groups excluding tert-OH is 1. The Morgan fingerprint density at radius 3 is 0.829 bits per heavy atom. The number of unbranched alkanes of at least 4 members (excludes halogenated alkanes) is 35. The molecular weight excluding hydrogens is 1090 g/mol. The lowest BCUT2D eigenvalue weighted by Gasteiger charge is -2.21. The summed E-state index contributed by atoms with van der Waals surface area (Å²) in [5.41, 5.74) is 0. The average Bonchev–Trinajstić information content (AvgIpc) is 3.46. The van der Waals surface area contributed by atoms with Crippen molar-refractivity contribution in [3.05, 3.63) is 0 Å². The van der Waals surface area contributed by atoms with E-state index in [2.05, 4.69) is 34.6 Å². The van der Waals surface area contributed by atoms with Gasteiger partial charge in [0.05, 0.1) is 26.4 Å². The minimum atomic E-state index is -4.94. The molecule has 82 heavy (non-hydrogen) atoms. The zero-order valence-corrected chi connectivity index (χ0v) is 54.4. The minimum Gasteiger partial charge on any atom is -0.462 e. The van der Waals surface area contributed by atoms with Gasteiger partial charge in [0.15, 0.2) is 12.2 Å². The van der Waals surface area contributed by atoms with Crippen LogP contribution in [0.3, 0.4) is 0 Å². The van der Waals surface area contributed by atoms with Crippen LogP contribution in [-0.2, 0) is 65.4 Å². The fourth-order valence-corrected chi connectivity index (χ4v) is 11.0. The second-order valence-corrected chi connectivity index (χ2v) is 26.2. The van der Waals surface area contributed by atoms with Crippen molar-refractivity contribution in [2.45, 2.75) is 335 Å².